The number of ether oxygens (including phenoxy) is 2. The van der Waals surface area contributed by atoms with Gasteiger partial charge in [0.2, 0.25) is 0 Å². The van der Waals surface area contributed by atoms with Crippen LogP contribution in [0.5, 0.6) is 0 Å². The SMILES string of the molecule is CCC12C=NC=C[N+]1(c1cc(C(C)(C)C)ccc1C(C)(C)C)N2.COC1C=C(C(C)(C)C)C(O)=C(O)C1(C(=O)O)C(C)(C)C.COC1C=C(C(C)(C)C)C(O)=C(O)C1(C(=O)O)C(C)(C)C.[Ni]. The van der Waals surface area contributed by atoms with Gasteiger partial charge in [0, 0.05) is 59.9 Å². The number of allylic oxidation sites excluding steroid dienone is 2. The number of fused-ring (bicyclic) bond motifs is 1. The van der Waals surface area contributed by atoms with Gasteiger partial charge in [0.15, 0.2) is 39.6 Å². The minimum atomic E-state index is -1.74. The van der Waals surface area contributed by atoms with Crippen molar-refractivity contribution in [2.45, 2.75) is 167 Å². The number of aliphatic hydroxyl groups excluding tert-OH is 4. The Morgan fingerprint density at radius 3 is 1.35 bits per heavy atom. The van der Waals surface area contributed by atoms with Gasteiger partial charge in [0.05, 0.1) is 24.6 Å². The summed E-state index contributed by atoms with van der Waals surface area (Å²) in [5.41, 5.74) is 2.88. The molecule has 7 N–H and O–H groups in total. The number of aliphatic carboxylic acids is 2. The molecule has 6 unspecified atom stereocenters. The van der Waals surface area contributed by atoms with E-state index < -0.39 is 68.2 Å². The molecule has 0 spiro atoms. The van der Waals surface area contributed by atoms with Crippen LogP contribution in [0, 0.1) is 32.5 Å². The third-order valence-corrected chi connectivity index (χ3v) is 13.6. The molecule has 374 valence electrons. The molecular formula is C52H82N3NiO10+. The zero-order valence-corrected chi connectivity index (χ0v) is 44.5. The van der Waals surface area contributed by atoms with Gasteiger partial charge >= 0.3 is 11.9 Å². The Labute approximate surface area is 405 Å². The molecule has 66 heavy (non-hydrogen) atoms. The number of nitrogens with one attached hydrogen (secondary N) is 1. The molecule has 1 fully saturated rings. The number of quaternary nitrogens is 1. The summed E-state index contributed by atoms with van der Waals surface area (Å²) in [4.78, 5) is 28.4. The normalized spacial score (nSPS) is 27.8. The van der Waals surface area contributed by atoms with Crippen LogP contribution in [-0.2, 0) is 46.4 Å². The van der Waals surface area contributed by atoms with Crippen LogP contribution >= 0.6 is 0 Å². The van der Waals surface area contributed by atoms with Gasteiger partial charge in [-0.3, -0.25) is 14.6 Å². The predicted molar refractivity (Wildman–Crippen MR) is 260 cm³/mol. The Kier molecular flexibility index (Phi) is 16.6. The number of aliphatic hydroxyl groups is 4. The van der Waals surface area contributed by atoms with E-state index in [1.165, 1.54) is 31.0 Å². The molecule has 1 aromatic carbocycles. The van der Waals surface area contributed by atoms with Gasteiger partial charge in [0.25, 0.3) is 5.66 Å². The van der Waals surface area contributed by atoms with Gasteiger partial charge in [-0.05, 0) is 50.2 Å². The first kappa shape index (κ1) is 58.2. The smallest absolute Gasteiger partial charge is 0.321 e. The Hall–Kier alpha value is -3.94. The molecule has 2 heterocycles. The number of aliphatic imine (C=N–C) groups is 1. The van der Waals surface area contributed by atoms with Crippen LogP contribution in [0.1, 0.15) is 149 Å². The van der Waals surface area contributed by atoms with Crippen molar-refractivity contribution in [2.75, 3.05) is 14.2 Å². The molecule has 13 nitrogen and oxygen atoms in total. The standard InChI is InChI=1S/C20H30N3.2C16H26O5.Ni/c1-8-20-14-21-11-12-23(20,22-20)17-13-15(18(2,3)4)9-10-16(17)19(5,6)7;2*1-14(2,3)9-8-10(21-7)16(13(19)20,15(4,5)6)12(18)11(9)17;/h9-14,22H,8H2,1-7H3;2*8,10,17-18H,1-7H3,(H,19,20);/q+1;;;. The first-order chi connectivity index (χ1) is 29.2. The number of benzene rings is 1. The van der Waals surface area contributed by atoms with E-state index in [1.807, 2.05) is 47.7 Å². The fourth-order valence-corrected chi connectivity index (χ4v) is 9.54. The summed E-state index contributed by atoms with van der Waals surface area (Å²) in [5.74, 6) is -4.27. The monoisotopic (exact) mass is 967 g/mol. The second-order valence-corrected chi connectivity index (χ2v) is 24.0. The zero-order chi connectivity index (χ0) is 50.7. The molecule has 1 aromatic rings. The van der Waals surface area contributed by atoms with Gasteiger partial charge < -0.3 is 40.1 Å². The Morgan fingerprint density at radius 2 is 1.06 bits per heavy atom. The molecule has 2 aliphatic heterocycles. The molecular weight excluding hydrogens is 885 g/mol. The maximum atomic E-state index is 12.0. The van der Waals surface area contributed by atoms with E-state index in [9.17, 15) is 40.2 Å². The number of carboxylic acids is 2. The van der Waals surface area contributed by atoms with Crippen molar-refractivity contribution in [1.29, 1.82) is 0 Å². The van der Waals surface area contributed by atoms with Crippen LogP contribution in [0.3, 0.4) is 0 Å². The van der Waals surface area contributed by atoms with Gasteiger partial charge in [-0.25, -0.2) is 0 Å². The summed E-state index contributed by atoms with van der Waals surface area (Å²) >= 11 is 0. The number of hydrogen-bond acceptors (Lipinski definition) is 10. The second-order valence-electron chi connectivity index (χ2n) is 24.0. The summed E-state index contributed by atoms with van der Waals surface area (Å²) in [6, 6.07) is 7.01. The van der Waals surface area contributed by atoms with Crippen LogP contribution in [-0.4, -0.2) is 80.9 Å². The van der Waals surface area contributed by atoms with E-state index >= 15 is 0 Å². The molecule has 0 bridgehead atoms. The molecule has 14 heteroatoms. The molecule has 4 aliphatic rings. The molecule has 5 rings (SSSR count). The van der Waals surface area contributed by atoms with Crippen molar-refractivity contribution in [1.82, 2.24) is 10.0 Å². The third-order valence-electron chi connectivity index (χ3n) is 13.6. The van der Waals surface area contributed by atoms with Gasteiger partial charge in [0.1, 0.15) is 6.20 Å². The third kappa shape index (κ3) is 9.82. The van der Waals surface area contributed by atoms with Crippen LogP contribution in [0.2, 0.25) is 0 Å². The molecule has 0 aromatic heterocycles. The second kappa shape index (κ2) is 18.9. The van der Waals surface area contributed by atoms with Crippen molar-refractivity contribution in [2.24, 2.45) is 37.5 Å². The first-order valence-corrected chi connectivity index (χ1v) is 22.5. The predicted octanol–water partition coefficient (Wildman–Crippen LogP) is 11.6. The Bertz CT molecular complexity index is 2100. The van der Waals surface area contributed by atoms with Crippen LogP contribution in [0.4, 0.5) is 5.69 Å². The van der Waals surface area contributed by atoms with Crippen LogP contribution in [0.15, 0.2) is 81.9 Å². The topological polar surface area (TPSA) is 208 Å². The van der Waals surface area contributed by atoms with E-state index in [1.54, 1.807) is 53.7 Å². The number of methoxy groups -OCH3 is 2. The molecule has 1 saturated heterocycles. The maximum Gasteiger partial charge on any atom is 0.321 e. The zero-order valence-electron chi connectivity index (χ0n) is 43.5. The minimum absolute atomic E-state index is 0. The van der Waals surface area contributed by atoms with Gasteiger partial charge in [-0.15, -0.1) is 0 Å². The van der Waals surface area contributed by atoms with Crippen molar-refractivity contribution in [3.63, 3.8) is 0 Å². The van der Waals surface area contributed by atoms with E-state index in [0.717, 1.165) is 6.42 Å². The summed E-state index contributed by atoms with van der Waals surface area (Å²) in [6.07, 6.45) is 8.67. The fourth-order valence-electron chi connectivity index (χ4n) is 9.54. The van der Waals surface area contributed by atoms with Gasteiger partial charge in [-0.1, -0.05) is 149 Å². The average molecular weight is 968 g/mol. The Balaban J connectivity index is 0.000000338. The number of rotatable bonds is 6. The fraction of sp³-hybridized carbons (Fsp3) is 0.635. The molecule has 6 atom stereocenters. The van der Waals surface area contributed by atoms with E-state index in [0.29, 0.717) is 15.7 Å². The summed E-state index contributed by atoms with van der Waals surface area (Å²) < 4.78 is 11.5. The molecule has 0 saturated carbocycles. The quantitative estimate of drug-likeness (QED) is 0.0810. The van der Waals surface area contributed by atoms with Crippen molar-refractivity contribution in [3.8, 4) is 0 Å². The van der Waals surface area contributed by atoms with Crippen LogP contribution < -0.4 is 10.0 Å². The van der Waals surface area contributed by atoms with Crippen molar-refractivity contribution < 1.29 is 66.2 Å². The summed E-state index contributed by atoms with van der Waals surface area (Å²) in [7, 11) is 2.81. The van der Waals surface area contributed by atoms with Crippen molar-refractivity contribution >= 4 is 23.8 Å². The average Bonchev–Trinajstić information content (AvgIpc) is 3.85. The maximum absolute atomic E-state index is 12.0. The van der Waals surface area contributed by atoms with Crippen molar-refractivity contribution in [3.05, 3.63) is 88.1 Å². The first-order valence-electron chi connectivity index (χ1n) is 22.5. The number of carboxylic acid groups (broad SMARTS) is 2. The van der Waals surface area contributed by atoms with E-state index in [2.05, 4.69) is 89.5 Å². The number of carbonyl (C=O) groups is 2. The van der Waals surface area contributed by atoms with Gasteiger partial charge in [-0.2, -0.15) is 4.59 Å². The van der Waals surface area contributed by atoms with Crippen LogP contribution in [0.25, 0.3) is 0 Å². The number of nitrogens with zero attached hydrogens (tertiary/aromatic N) is 2. The summed E-state index contributed by atoms with van der Waals surface area (Å²) in [5, 5.41) is 61.4. The molecule has 2 aliphatic carbocycles. The van der Waals surface area contributed by atoms with E-state index in [4.69, 9.17) is 9.47 Å². The number of hydrogen-bond donors (Lipinski definition) is 7. The van der Waals surface area contributed by atoms with E-state index in [-0.39, 0.29) is 44.5 Å². The largest absolute Gasteiger partial charge is 0.507 e. The molecule has 0 radical (unpaired) electrons. The summed E-state index contributed by atoms with van der Waals surface area (Å²) in [6.45, 7) is 37.4. The minimum Gasteiger partial charge on any atom is -0.507 e. The Morgan fingerprint density at radius 1 is 0.667 bits per heavy atom. The molecule has 0 amide bonds.